The third-order valence-electron chi connectivity index (χ3n) is 4.28. The van der Waals surface area contributed by atoms with Gasteiger partial charge in [-0.2, -0.15) is 0 Å². The third-order valence-corrected chi connectivity index (χ3v) is 8.93. The van der Waals surface area contributed by atoms with Crippen LogP contribution >= 0.6 is 0 Å². The van der Waals surface area contributed by atoms with Gasteiger partial charge in [-0.05, 0) is 36.9 Å². The van der Waals surface area contributed by atoms with Gasteiger partial charge in [-0.25, -0.2) is 0 Å². The first-order valence-corrected chi connectivity index (χ1v) is 9.43. The van der Waals surface area contributed by atoms with Crippen molar-refractivity contribution in [1.29, 1.82) is 0 Å². The second kappa shape index (κ2) is 6.69. The fourth-order valence-corrected chi connectivity index (χ4v) is 5.41. The molecule has 0 atom stereocenters. The standard InChI is InChI=1S/C13H28OSi/c1-4-15(5-2,6-3)14-12-13-10-8-7-9-11-13/h13H,4-12H2,1-3H3. The molecule has 1 saturated carbocycles. The topological polar surface area (TPSA) is 9.23 Å². The van der Waals surface area contributed by atoms with Crippen molar-refractivity contribution in [1.82, 2.24) is 0 Å². The lowest BCUT2D eigenvalue weighted by atomic mass is 9.90. The molecular formula is C13H28OSi. The van der Waals surface area contributed by atoms with E-state index in [4.69, 9.17) is 4.43 Å². The lowest BCUT2D eigenvalue weighted by Crippen LogP contribution is -2.37. The van der Waals surface area contributed by atoms with E-state index in [1.165, 1.54) is 50.2 Å². The van der Waals surface area contributed by atoms with Crippen molar-refractivity contribution < 1.29 is 4.43 Å². The van der Waals surface area contributed by atoms with Crippen LogP contribution in [0.4, 0.5) is 0 Å². The van der Waals surface area contributed by atoms with Gasteiger partial charge in [0.05, 0.1) is 0 Å². The molecule has 0 amide bonds. The maximum absolute atomic E-state index is 6.36. The Hall–Kier alpha value is 0.177. The first kappa shape index (κ1) is 13.2. The van der Waals surface area contributed by atoms with Gasteiger partial charge in [-0.15, -0.1) is 0 Å². The van der Waals surface area contributed by atoms with Gasteiger partial charge in [0.2, 0.25) is 0 Å². The van der Waals surface area contributed by atoms with E-state index in [0.717, 1.165) is 12.5 Å². The first-order valence-electron chi connectivity index (χ1n) is 6.90. The zero-order valence-electron chi connectivity index (χ0n) is 10.8. The van der Waals surface area contributed by atoms with Gasteiger partial charge in [0.25, 0.3) is 0 Å². The molecule has 0 aromatic carbocycles. The zero-order valence-corrected chi connectivity index (χ0v) is 11.8. The third kappa shape index (κ3) is 3.91. The molecule has 0 bridgehead atoms. The van der Waals surface area contributed by atoms with Gasteiger partial charge in [-0.1, -0.05) is 40.0 Å². The molecule has 0 radical (unpaired) electrons. The normalized spacial score (nSPS) is 19.4. The van der Waals surface area contributed by atoms with Crippen LogP contribution in [0.25, 0.3) is 0 Å². The van der Waals surface area contributed by atoms with Gasteiger partial charge in [0, 0.05) is 6.61 Å². The Morgan fingerprint density at radius 2 is 1.47 bits per heavy atom. The molecule has 1 aliphatic carbocycles. The molecule has 15 heavy (non-hydrogen) atoms. The highest BCUT2D eigenvalue weighted by atomic mass is 28.4. The smallest absolute Gasteiger partial charge is 0.191 e. The van der Waals surface area contributed by atoms with Crippen molar-refractivity contribution in [2.24, 2.45) is 5.92 Å². The Labute approximate surface area is 96.7 Å². The van der Waals surface area contributed by atoms with Crippen LogP contribution in [0, 0.1) is 5.92 Å². The van der Waals surface area contributed by atoms with Crippen LogP contribution in [0.1, 0.15) is 52.9 Å². The van der Waals surface area contributed by atoms with Crippen molar-refractivity contribution in [3.8, 4) is 0 Å². The van der Waals surface area contributed by atoms with E-state index in [1.54, 1.807) is 0 Å². The maximum atomic E-state index is 6.36. The lowest BCUT2D eigenvalue weighted by Gasteiger charge is -2.31. The molecule has 1 nitrogen and oxygen atoms in total. The molecular weight excluding hydrogens is 200 g/mol. The van der Waals surface area contributed by atoms with E-state index in [9.17, 15) is 0 Å². The van der Waals surface area contributed by atoms with E-state index in [-0.39, 0.29) is 0 Å². The Morgan fingerprint density at radius 3 is 1.93 bits per heavy atom. The Balaban J connectivity index is 2.31. The predicted octanol–water partition coefficient (Wildman–Crippen LogP) is 4.59. The molecule has 1 fully saturated rings. The van der Waals surface area contributed by atoms with Crippen LogP contribution in [-0.4, -0.2) is 14.9 Å². The van der Waals surface area contributed by atoms with Crippen LogP contribution in [0.3, 0.4) is 0 Å². The number of hydrogen-bond donors (Lipinski definition) is 0. The first-order chi connectivity index (χ1) is 7.26. The molecule has 90 valence electrons. The highest BCUT2D eigenvalue weighted by molar-refractivity contribution is 6.73. The highest BCUT2D eigenvalue weighted by Crippen LogP contribution is 2.27. The van der Waals surface area contributed by atoms with Crippen LogP contribution in [0.2, 0.25) is 18.1 Å². The van der Waals surface area contributed by atoms with Gasteiger partial charge in [0.1, 0.15) is 0 Å². The van der Waals surface area contributed by atoms with Crippen LogP contribution < -0.4 is 0 Å². The van der Waals surface area contributed by atoms with Crippen LogP contribution in [0.15, 0.2) is 0 Å². The minimum absolute atomic E-state index is 0.885. The molecule has 0 aromatic heterocycles. The zero-order chi connectivity index (χ0) is 11.1. The fourth-order valence-electron chi connectivity index (χ4n) is 2.70. The summed E-state index contributed by atoms with van der Waals surface area (Å²) >= 11 is 0. The van der Waals surface area contributed by atoms with E-state index >= 15 is 0 Å². The van der Waals surface area contributed by atoms with Crippen LogP contribution in [-0.2, 0) is 4.43 Å². The summed E-state index contributed by atoms with van der Waals surface area (Å²) in [5.41, 5.74) is 0. The maximum Gasteiger partial charge on any atom is 0.191 e. The predicted molar refractivity (Wildman–Crippen MR) is 69.7 cm³/mol. The summed E-state index contributed by atoms with van der Waals surface area (Å²) in [6, 6.07) is 3.90. The molecule has 1 rings (SSSR count). The average Bonchev–Trinajstić information content (AvgIpc) is 2.33. The fraction of sp³-hybridized carbons (Fsp3) is 1.00. The minimum Gasteiger partial charge on any atom is -0.417 e. The van der Waals surface area contributed by atoms with Crippen molar-refractivity contribution in [3.05, 3.63) is 0 Å². The van der Waals surface area contributed by atoms with E-state index in [0.29, 0.717) is 0 Å². The molecule has 0 unspecified atom stereocenters. The summed E-state index contributed by atoms with van der Waals surface area (Å²) in [5, 5.41) is 0. The second-order valence-corrected chi connectivity index (χ2v) is 9.83. The molecule has 1 aliphatic rings. The van der Waals surface area contributed by atoms with E-state index in [1.807, 2.05) is 0 Å². The molecule has 0 spiro atoms. The molecule has 0 saturated heterocycles. The number of hydrogen-bond acceptors (Lipinski definition) is 1. The Morgan fingerprint density at radius 1 is 0.933 bits per heavy atom. The number of rotatable bonds is 6. The summed E-state index contributed by atoms with van der Waals surface area (Å²) < 4.78 is 6.36. The van der Waals surface area contributed by atoms with Crippen molar-refractivity contribution in [2.75, 3.05) is 6.61 Å². The van der Waals surface area contributed by atoms with Crippen molar-refractivity contribution in [3.63, 3.8) is 0 Å². The monoisotopic (exact) mass is 228 g/mol. The van der Waals surface area contributed by atoms with E-state index < -0.39 is 8.32 Å². The van der Waals surface area contributed by atoms with E-state index in [2.05, 4.69) is 20.8 Å². The summed E-state index contributed by atoms with van der Waals surface area (Å²) in [6.07, 6.45) is 7.16. The van der Waals surface area contributed by atoms with Gasteiger partial charge in [-0.3, -0.25) is 0 Å². The van der Waals surface area contributed by atoms with Gasteiger partial charge < -0.3 is 4.43 Å². The van der Waals surface area contributed by atoms with Gasteiger partial charge >= 0.3 is 0 Å². The molecule has 0 heterocycles. The quantitative estimate of drug-likeness (QED) is 0.604. The molecule has 0 N–H and O–H groups in total. The molecule has 2 heteroatoms. The largest absolute Gasteiger partial charge is 0.417 e. The van der Waals surface area contributed by atoms with Crippen molar-refractivity contribution in [2.45, 2.75) is 71.0 Å². The average molecular weight is 228 g/mol. The summed E-state index contributed by atoms with van der Waals surface area (Å²) in [5.74, 6) is 0.885. The van der Waals surface area contributed by atoms with Crippen molar-refractivity contribution >= 4 is 8.32 Å². The molecule has 0 aliphatic heterocycles. The SMILES string of the molecule is CC[Si](CC)(CC)OCC1CCCCC1. The van der Waals surface area contributed by atoms with Gasteiger partial charge in [0.15, 0.2) is 8.32 Å². The summed E-state index contributed by atoms with van der Waals surface area (Å²) in [6.45, 7) is 8.03. The summed E-state index contributed by atoms with van der Waals surface area (Å²) in [4.78, 5) is 0. The highest BCUT2D eigenvalue weighted by Gasteiger charge is 2.29. The second-order valence-electron chi connectivity index (χ2n) is 5.06. The Bertz CT molecular complexity index is 152. The minimum atomic E-state index is -1.30. The lowest BCUT2D eigenvalue weighted by molar-refractivity contribution is 0.198. The summed E-state index contributed by atoms with van der Waals surface area (Å²) in [7, 11) is -1.30. The molecule has 0 aromatic rings. The van der Waals surface area contributed by atoms with Crippen LogP contribution in [0.5, 0.6) is 0 Å². The Kier molecular flexibility index (Phi) is 5.91.